The number of fused-ring (bicyclic) bond motifs is 1. The quantitative estimate of drug-likeness (QED) is 0.212. The Balaban J connectivity index is 1.42. The Hall–Kier alpha value is -4.05. The number of amides is 1. The van der Waals surface area contributed by atoms with Gasteiger partial charge in [-0.25, -0.2) is 9.37 Å². The smallest absolute Gasteiger partial charge is 0.282 e. The number of benzene rings is 3. The third kappa shape index (κ3) is 6.65. The molecule has 0 saturated heterocycles. The highest BCUT2D eigenvalue weighted by atomic mass is 79.9. The Kier molecular flexibility index (Phi) is 9.08. The van der Waals surface area contributed by atoms with Crippen LogP contribution in [0.1, 0.15) is 56.3 Å². The van der Waals surface area contributed by atoms with Crippen molar-refractivity contribution in [2.45, 2.75) is 44.9 Å². The highest BCUT2D eigenvalue weighted by Crippen LogP contribution is 2.37. The minimum absolute atomic E-state index is 0.0720. The van der Waals surface area contributed by atoms with Gasteiger partial charge < -0.3 is 14.8 Å². The summed E-state index contributed by atoms with van der Waals surface area (Å²) in [7, 11) is 0. The monoisotopic (exact) mass is 620 g/mol. The number of carbonyl (C=O) groups is 1. The van der Waals surface area contributed by atoms with Crippen LogP contribution in [0.4, 0.5) is 10.1 Å². The lowest BCUT2D eigenvalue weighted by atomic mass is 9.88. The number of para-hydroxylation sites is 2. The van der Waals surface area contributed by atoms with E-state index >= 15 is 0 Å². The van der Waals surface area contributed by atoms with Crippen LogP contribution in [-0.2, 0) is 4.79 Å². The van der Waals surface area contributed by atoms with Gasteiger partial charge in [0, 0.05) is 5.92 Å². The summed E-state index contributed by atoms with van der Waals surface area (Å²) in [4.78, 5) is 30.8. The number of rotatable bonds is 9. The Morgan fingerprint density at radius 3 is 2.66 bits per heavy atom. The number of hydrogen-bond acceptors (Lipinski definition) is 6. The Labute approximate surface area is 245 Å². The van der Waals surface area contributed by atoms with E-state index in [1.165, 1.54) is 23.2 Å². The van der Waals surface area contributed by atoms with Crippen molar-refractivity contribution in [2.24, 2.45) is 5.10 Å². The second-order valence-corrected chi connectivity index (χ2v) is 10.6. The molecule has 0 atom stereocenters. The van der Waals surface area contributed by atoms with E-state index in [-0.39, 0.29) is 23.8 Å². The number of hydrogen-bond donors (Lipinski definition) is 1. The van der Waals surface area contributed by atoms with Crippen molar-refractivity contribution >= 4 is 44.6 Å². The molecule has 1 heterocycles. The number of anilines is 1. The largest absolute Gasteiger partial charge is 0.490 e. The van der Waals surface area contributed by atoms with Crippen LogP contribution in [0.25, 0.3) is 10.9 Å². The fourth-order valence-corrected chi connectivity index (χ4v) is 5.53. The van der Waals surface area contributed by atoms with Crippen molar-refractivity contribution in [3.8, 4) is 11.5 Å². The minimum Gasteiger partial charge on any atom is -0.490 e. The van der Waals surface area contributed by atoms with Crippen molar-refractivity contribution in [1.29, 1.82) is 0 Å². The maximum Gasteiger partial charge on any atom is 0.282 e. The van der Waals surface area contributed by atoms with Gasteiger partial charge in [0.25, 0.3) is 11.5 Å². The molecule has 1 fully saturated rings. The van der Waals surface area contributed by atoms with Crippen LogP contribution < -0.4 is 20.3 Å². The molecule has 1 N–H and O–H groups in total. The molecule has 5 rings (SSSR count). The fraction of sp³-hybridized carbons (Fsp3) is 0.290. The van der Waals surface area contributed by atoms with E-state index < -0.39 is 11.7 Å². The second-order valence-electron chi connectivity index (χ2n) is 9.76. The molecule has 0 radical (unpaired) electrons. The maximum atomic E-state index is 13.9. The standard InChI is InChI=1S/C31H30BrFN4O4/c1-2-40-27-17-20(16-23(32)29(27)41-19-28(38)35-26-15-9-7-13-24(26)33)18-34-37-30(21-10-4-3-5-11-21)36-25-14-8-6-12-22(25)31(37)39/h6-9,12-18,21H,2-5,10-11,19H2,1H3,(H,35,38). The molecule has 0 spiro atoms. The zero-order valence-corrected chi connectivity index (χ0v) is 24.2. The van der Waals surface area contributed by atoms with Crippen molar-refractivity contribution in [2.75, 3.05) is 18.5 Å². The van der Waals surface area contributed by atoms with Gasteiger partial charge in [0.05, 0.1) is 33.9 Å². The van der Waals surface area contributed by atoms with E-state index in [0.717, 1.165) is 25.7 Å². The molecule has 1 amide bonds. The van der Waals surface area contributed by atoms with Crippen molar-refractivity contribution in [3.05, 3.63) is 92.7 Å². The number of halogens is 2. The third-order valence-electron chi connectivity index (χ3n) is 6.90. The molecule has 1 aliphatic carbocycles. The SMILES string of the molecule is CCOc1cc(C=Nn2c(C3CCCCC3)nc3ccccc3c2=O)cc(Br)c1OCC(=O)Nc1ccccc1F. The van der Waals surface area contributed by atoms with Gasteiger partial charge in [0.15, 0.2) is 18.1 Å². The van der Waals surface area contributed by atoms with Gasteiger partial charge in [0.2, 0.25) is 0 Å². The number of carbonyl (C=O) groups excluding carboxylic acids is 1. The average molecular weight is 622 g/mol. The van der Waals surface area contributed by atoms with E-state index in [0.29, 0.717) is 44.9 Å². The predicted molar refractivity (Wildman–Crippen MR) is 161 cm³/mol. The summed E-state index contributed by atoms with van der Waals surface area (Å²) in [6, 6.07) is 16.7. The Morgan fingerprint density at radius 1 is 1.12 bits per heavy atom. The lowest BCUT2D eigenvalue weighted by molar-refractivity contribution is -0.118. The highest BCUT2D eigenvalue weighted by molar-refractivity contribution is 9.10. The molecule has 10 heteroatoms. The summed E-state index contributed by atoms with van der Waals surface area (Å²) in [6.45, 7) is 1.83. The van der Waals surface area contributed by atoms with Crippen LogP contribution in [0, 0.1) is 5.82 Å². The first-order valence-electron chi connectivity index (χ1n) is 13.6. The molecule has 212 valence electrons. The number of aromatic nitrogens is 2. The van der Waals surface area contributed by atoms with Gasteiger partial charge in [-0.15, -0.1) is 0 Å². The fourth-order valence-electron chi connectivity index (χ4n) is 4.95. The summed E-state index contributed by atoms with van der Waals surface area (Å²) in [5.41, 5.74) is 1.18. The number of nitrogens with one attached hydrogen (secondary N) is 1. The van der Waals surface area contributed by atoms with Crippen LogP contribution in [-0.4, -0.2) is 35.0 Å². The average Bonchev–Trinajstić information content (AvgIpc) is 2.98. The van der Waals surface area contributed by atoms with Crippen molar-refractivity contribution < 1.29 is 18.7 Å². The van der Waals surface area contributed by atoms with Crippen LogP contribution in [0.2, 0.25) is 0 Å². The molecule has 0 unspecified atom stereocenters. The predicted octanol–water partition coefficient (Wildman–Crippen LogP) is 6.64. The first kappa shape index (κ1) is 28.5. The van der Waals surface area contributed by atoms with E-state index in [1.807, 2.05) is 25.1 Å². The van der Waals surface area contributed by atoms with Gasteiger partial charge in [-0.2, -0.15) is 9.78 Å². The number of nitrogens with zero attached hydrogens (tertiary/aromatic N) is 3. The van der Waals surface area contributed by atoms with Crippen molar-refractivity contribution in [3.63, 3.8) is 0 Å². The highest BCUT2D eigenvalue weighted by Gasteiger charge is 2.22. The maximum absolute atomic E-state index is 13.9. The molecule has 1 aliphatic rings. The molecule has 0 aliphatic heterocycles. The van der Waals surface area contributed by atoms with Crippen LogP contribution >= 0.6 is 15.9 Å². The third-order valence-corrected chi connectivity index (χ3v) is 7.49. The molecule has 4 aromatic rings. The van der Waals surface area contributed by atoms with Gasteiger partial charge >= 0.3 is 0 Å². The molecule has 41 heavy (non-hydrogen) atoms. The van der Waals surface area contributed by atoms with Crippen LogP contribution in [0.5, 0.6) is 11.5 Å². The van der Waals surface area contributed by atoms with E-state index in [2.05, 4.69) is 26.3 Å². The van der Waals surface area contributed by atoms with E-state index in [1.54, 1.807) is 36.5 Å². The lowest BCUT2D eigenvalue weighted by Crippen LogP contribution is -2.25. The first-order chi connectivity index (χ1) is 19.9. The topological polar surface area (TPSA) is 94.8 Å². The van der Waals surface area contributed by atoms with Crippen LogP contribution in [0.15, 0.2) is 75.0 Å². The Bertz CT molecular complexity index is 1650. The van der Waals surface area contributed by atoms with Crippen molar-refractivity contribution in [1.82, 2.24) is 9.66 Å². The molecular formula is C31H30BrFN4O4. The summed E-state index contributed by atoms with van der Waals surface area (Å²) in [5, 5.41) is 7.61. The van der Waals surface area contributed by atoms with Crippen LogP contribution in [0.3, 0.4) is 0 Å². The lowest BCUT2D eigenvalue weighted by Gasteiger charge is -2.22. The summed E-state index contributed by atoms with van der Waals surface area (Å²) < 4.78 is 27.4. The molecule has 3 aromatic carbocycles. The summed E-state index contributed by atoms with van der Waals surface area (Å²) in [6.07, 6.45) is 6.91. The zero-order chi connectivity index (χ0) is 28.8. The summed E-state index contributed by atoms with van der Waals surface area (Å²) >= 11 is 3.51. The Morgan fingerprint density at radius 2 is 1.88 bits per heavy atom. The van der Waals surface area contributed by atoms with E-state index in [4.69, 9.17) is 14.5 Å². The van der Waals surface area contributed by atoms with Gasteiger partial charge in [-0.05, 0) is 77.7 Å². The molecular weight excluding hydrogens is 591 g/mol. The molecule has 1 aromatic heterocycles. The molecule has 1 saturated carbocycles. The second kappa shape index (κ2) is 13.1. The van der Waals surface area contributed by atoms with E-state index in [9.17, 15) is 14.0 Å². The van der Waals surface area contributed by atoms with Gasteiger partial charge in [0.1, 0.15) is 11.6 Å². The molecule has 8 nitrogen and oxygen atoms in total. The van der Waals surface area contributed by atoms with Gasteiger partial charge in [-0.1, -0.05) is 43.5 Å². The minimum atomic E-state index is -0.534. The van der Waals surface area contributed by atoms with Gasteiger partial charge in [-0.3, -0.25) is 9.59 Å². The first-order valence-corrected chi connectivity index (χ1v) is 14.4. The zero-order valence-electron chi connectivity index (χ0n) is 22.6. The summed E-state index contributed by atoms with van der Waals surface area (Å²) in [5.74, 6) is 0.491. The normalized spacial score (nSPS) is 13.9. The molecule has 0 bridgehead atoms. The number of ether oxygens (including phenoxy) is 2.